The van der Waals surface area contributed by atoms with E-state index in [2.05, 4.69) is 4.98 Å². The van der Waals surface area contributed by atoms with Gasteiger partial charge >= 0.3 is 0 Å². The number of aryl methyl sites for hydroxylation is 1. The van der Waals surface area contributed by atoms with Gasteiger partial charge < -0.3 is 5.11 Å². The first-order valence-electron chi connectivity index (χ1n) is 8.49. The largest absolute Gasteiger partial charge is 0.507 e. The van der Waals surface area contributed by atoms with Crippen LogP contribution >= 0.6 is 11.3 Å². The Morgan fingerprint density at radius 3 is 2.59 bits per heavy atom. The molecule has 0 aliphatic rings. The highest BCUT2D eigenvalue weighted by molar-refractivity contribution is 7.11. The van der Waals surface area contributed by atoms with Gasteiger partial charge in [0.2, 0.25) is 0 Å². The SMILES string of the molecule is Cc1scc2nc(C=Cc3ccccc3O)n(-c3ccc(F)c(F)c3F)c(=O)c12. The molecule has 2 aromatic carbocycles. The standard InChI is InChI=1S/C21H13F3N2O2S/c1-11-18-14(10-29-11)25-17(9-6-12-4-2-3-5-16(12)27)26(21(18)28)15-8-7-13(22)19(23)20(15)24/h2-10,27H,1H3. The molecule has 0 saturated carbocycles. The molecule has 8 heteroatoms. The normalized spacial score (nSPS) is 11.6. The molecule has 0 radical (unpaired) electrons. The molecule has 29 heavy (non-hydrogen) atoms. The molecule has 0 amide bonds. The zero-order valence-corrected chi connectivity index (χ0v) is 15.8. The average Bonchev–Trinajstić information content (AvgIpc) is 3.07. The van der Waals surface area contributed by atoms with Crippen LogP contribution < -0.4 is 5.56 Å². The fourth-order valence-corrected chi connectivity index (χ4v) is 3.77. The summed E-state index contributed by atoms with van der Waals surface area (Å²) in [6, 6.07) is 8.22. The lowest BCUT2D eigenvalue weighted by Crippen LogP contribution is -2.23. The number of phenolic OH excluding ortho intramolecular Hbond substituents is 1. The number of thiophene rings is 1. The van der Waals surface area contributed by atoms with E-state index in [0.717, 1.165) is 16.7 Å². The predicted octanol–water partition coefficient (Wildman–Crippen LogP) is 5.05. The van der Waals surface area contributed by atoms with E-state index in [1.165, 1.54) is 29.6 Å². The Hall–Kier alpha value is -3.39. The fraction of sp³-hybridized carbons (Fsp3) is 0.0476. The van der Waals surface area contributed by atoms with E-state index in [9.17, 15) is 23.1 Å². The highest BCUT2D eigenvalue weighted by Crippen LogP contribution is 2.25. The summed E-state index contributed by atoms with van der Waals surface area (Å²) in [5.41, 5.74) is -0.198. The quantitative estimate of drug-likeness (QED) is 0.478. The third-order valence-corrected chi connectivity index (χ3v) is 5.34. The summed E-state index contributed by atoms with van der Waals surface area (Å²) < 4.78 is 42.6. The number of para-hydroxylation sites is 1. The smallest absolute Gasteiger partial charge is 0.267 e. The van der Waals surface area contributed by atoms with Crippen molar-refractivity contribution in [3.05, 3.63) is 85.8 Å². The number of benzene rings is 2. The van der Waals surface area contributed by atoms with E-state index in [1.807, 2.05) is 0 Å². The van der Waals surface area contributed by atoms with Crippen molar-refractivity contribution in [1.82, 2.24) is 9.55 Å². The number of aromatic hydroxyl groups is 1. The third-order valence-electron chi connectivity index (χ3n) is 4.44. The number of fused-ring (bicyclic) bond motifs is 1. The molecule has 4 nitrogen and oxygen atoms in total. The average molecular weight is 414 g/mol. The molecule has 0 spiro atoms. The van der Waals surface area contributed by atoms with Crippen molar-refractivity contribution in [3.63, 3.8) is 0 Å². The van der Waals surface area contributed by atoms with Gasteiger partial charge in [-0.25, -0.2) is 18.2 Å². The van der Waals surface area contributed by atoms with Crippen molar-refractivity contribution in [2.24, 2.45) is 0 Å². The van der Waals surface area contributed by atoms with E-state index in [0.29, 0.717) is 16.0 Å². The molecule has 0 saturated heterocycles. The van der Waals surface area contributed by atoms with Crippen molar-refractivity contribution in [2.45, 2.75) is 6.92 Å². The lowest BCUT2D eigenvalue weighted by atomic mass is 10.2. The molecule has 2 aromatic heterocycles. The van der Waals surface area contributed by atoms with Crippen LogP contribution in [0, 0.1) is 24.4 Å². The zero-order valence-electron chi connectivity index (χ0n) is 15.0. The van der Waals surface area contributed by atoms with Gasteiger partial charge in [0.15, 0.2) is 17.5 Å². The van der Waals surface area contributed by atoms with Gasteiger partial charge in [-0.05, 0) is 37.3 Å². The van der Waals surface area contributed by atoms with Crippen LogP contribution in [0.1, 0.15) is 16.3 Å². The first-order chi connectivity index (χ1) is 13.9. The third kappa shape index (κ3) is 3.21. The van der Waals surface area contributed by atoms with Crippen LogP contribution in [0.25, 0.3) is 28.7 Å². The summed E-state index contributed by atoms with van der Waals surface area (Å²) in [7, 11) is 0. The minimum absolute atomic E-state index is 0.00381. The van der Waals surface area contributed by atoms with Gasteiger partial charge in [0.05, 0.1) is 16.6 Å². The van der Waals surface area contributed by atoms with E-state index in [4.69, 9.17) is 0 Å². The first-order valence-corrected chi connectivity index (χ1v) is 9.37. The number of phenols is 1. The van der Waals surface area contributed by atoms with Crippen molar-refractivity contribution in [3.8, 4) is 11.4 Å². The van der Waals surface area contributed by atoms with Crippen LogP contribution in [0.4, 0.5) is 13.2 Å². The Morgan fingerprint density at radius 1 is 1.07 bits per heavy atom. The van der Waals surface area contributed by atoms with Gasteiger partial charge in [0.1, 0.15) is 11.6 Å². The summed E-state index contributed by atoms with van der Waals surface area (Å²) in [6.45, 7) is 1.72. The number of halogens is 3. The van der Waals surface area contributed by atoms with Crippen LogP contribution in [0.3, 0.4) is 0 Å². The van der Waals surface area contributed by atoms with Crippen molar-refractivity contribution in [1.29, 1.82) is 0 Å². The minimum atomic E-state index is -1.67. The highest BCUT2D eigenvalue weighted by Gasteiger charge is 2.20. The lowest BCUT2D eigenvalue weighted by Gasteiger charge is -2.12. The molecular weight excluding hydrogens is 401 g/mol. The van der Waals surface area contributed by atoms with Crippen LogP contribution in [0.5, 0.6) is 5.75 Å². The Morgan fingerprint density at radius 2 is 1.83 bits per heavy atom. The van der Waals surface area contributed by atoms with Crippen molar-refractivity contribution in [2.75, 3.05) is 0 Å². The number of nitrogens with zero attached hydrogens (tertiary/aromatic N) is 2. The van der Waals surface area contributed by atoms with Crippen LogP contribution in [-0.4, -0.2) is 14.7 Å². The fourth-order valence-electron chi connectivity index (χ4n) is 3.00. The van der Waals surface area contributed by atoms with E-state index >= 15 is 0 Å². The number of hydrogen-bond acceptors (Lipinski definition) is 4. The number of rotatable bonds is 3. The topological polar surface area (TPSA) is 55.1 Å². The van der Waals surface area contributed by atoms with Crippen LogP contribution in [-0.2, 0) is 0 Å². The second kappa shape index (κ2) is 7.21. The first kappa shape index (κ1) is 18.9. The predicted molar refractivity (Wildman–Crippen MR) is 107 cm³/mol. The van der Waals surface area contributed by atoms with Gasteiger partial charge in [0, 0.05) is 15.8 Å². The lowest BCUT2D eigenvalue weighted by molar-refractivity contribution is 0.444. The molecular formula is C21H13F3N2O2S. The minimum Gasteiger partial charge on any atom is -0.507 e. The molecule has 1 N–H and O–H groups in total. The maximum absolute atomic E-state index is 14.5. The van der Waals surface area contributed by atoms with Gasteiger partial charge in [-0.1, -0.05) is 18.2 Å². The second-order valence-corrected chi connectivity index (χ2v) is 7.33. The van der Waals surface area contributed by atoms with Crippen LogP contribution in [0.2, 0.25) is 0 Å². The zero-order chi connectivity index (χ0) is 20.7. The Balaban J connectivity index is 2.02. The molecule has 0 bridgehead atoms. The molecule has 0 aliphatic carbocycles. The molecule has 0 unspecified atom stereocenters. The van der Waals surface area contributed by atoms with Gasteiger partial charge in [0.25, 0.3) is 5.56 Å². The monoisotopic (exact) mass is 414 g/mol. The maximum Gasteiger partial charge on any atom is 0.267 e. The van der Waals surface area contributed by atoms with E-state index in [-0.39, 0.29) is 17.0 Å². The molecule has 0 atom stereocenters. The molecule has 146 valence electrons. The van der Waals surface area contributed by atoms with Crippen LogP contribution in [0.15, 0.2) is 46.6 Å². The number of aromatic nitrogens is 2. The van der Waals surface area contributed by atoms with Gasteiger partial charge in [-0.15, -0.1) is 11.3 Å². The van der Waals surface area contributed by atoms with Crippen molar-refractivity contribution < 1.29 is 18.3 Å². The number of hydrogen-bond donors (Lipinski definition) is 1. The van der Waals surface area contributed by atoms with Gasteiger partial charge in [-0.2, -0.15) is 0 Å². The highest BCUT2D eigenvalue weighted by atomic mass is 32.1. The second-order valence-electron chi connectivity index (χ2n) is 6.25. The molecule has 4 rings (SSSR count). The Kier molecular flexibility index (Phi) is 4.71. The molecule has 0 aliphatic heterocycles. The summed E-state index contributed by atoms with van der Waals surface area (Å²) in [6.07, 6.45) is 2.90. The summed E-state index contributed by atoms with van der Waals surface area (Å²) in [5, 5.41) is 11.9. The summed E-state index contributed by atoms with van der Waals surface area (Å²) in [4.78, 5) is 18.2. The Labute approximate surface area is 166 Å². The Bertz CT molecular complexity index is 1340. The molecule has 2 heterocycles. The molecule has 0 fully saturated rings. The molecule has 4 aromatic rings. The summed E-state index contributed by atoms with van der Waals surface area (Å²) >= 11 is 1.30. The van der Waals surface area contributed by atoms with Crippen molar-refractivity contribution >= 4 is 34.4 Å². The van der Waals surface area contributed by atoms with E-state index < -0.39 is 28.7 Å². The maximum atomic E-state index is 14.5. The van der Waals surface area contributed by atoms with E-state index in [1.54, 1.807) is 30.5 Å². The van der Waals surface area contributed by atoms with Gasteiger partial charge in [-0.3, -0.25) is 9.36 Å². The summed E-state index contributed by atoms with van der Waals surface area (Å²) in [5.74, 6) is -4.51.